The van der Waals surface area contributed by atoms with Crippen LogP contribution in [0.1, 0.15) is 12.7 Å². The Kier molecular flexibility index (Phi) is 3.62. The van der Waals surface area contributed by atoms with E-state index in [4.69, 9.17) is 0 Å². The minimum absolute atomic E-state index is 0.188. The van der Waals surface area contributed by atoms with E-state index in [-0.39, 0.29) is 17.7 Å². The zero-order valence-corrected chi connectivity index (χ0v) is 9.98. The highest BCUT2D eigenvalue weighted by Gasteiger charge is 2.22. The van der Waals surface area contributed by atoms with Gasteiger partial charge in [-0.25, -0.2) is 9.97 Å². The fourth-order valence-electron chi connectivity index (χ4n) is 1.61. The van der Waals surface area contributed by atoms with E-state index < -0.39 is 0 Å². The molecule has 0 N–H and O–H groups in total. The number of nitrogens with zero attached hydrogens (tertiary/aromatic N) is 3. The van der Waals surface area contributed by atoms with Crippen LogP contribution in [0.3, 0.4) is 0 Å². The van der Waals surface area contributed by atoms with Crippen molar-refractivity contribution >= 4 is 17.9 Å². The van der Waals surface area contributed by atoms with Crippen LogP contribution in [0.25, 0.3) is 6.08 Å². The van der Waals surface area contributed by atoms with Gasteiger partial charge in [0.15, 0.2) is 5.82 Å². The molecule has 5 nitrogen and oxygen atoms in total. The summed E-state index contributed by atoms with van der Waals surface area (Å²) in [6, 6.07) is 1.69. The minimum atomic E-state index is -0.344. The summed E-state index contributed by atoms with van der Waals surface area (Å²) in [6.45, 7) is 2.36. The smallest absolute Gasteiger partial charge is 0.253 e. The lowest BCUT2D eigenvalue weighted by Crippen LogP contribution is -2.40. The van der Waals surface area contributed by atoms with Crippen molar-refractivity contribution in [3.05, 3.63) is 42.5 Å². The Morgan fingerprint density at radius 3 is 2.89 bits per heavy atom. The van der Waals surface area contributed by atoms with E-state index in [1.807, 2.05) is 6.92 Å². The van der Waals surface area contributed by atoms with Gasteiger partial charge in [0.25, 0.3) is 11.8 Å². The van der Waals surface area contributed by atoms with Crippen molar-refractivity contribution < 1.29 is 9.59 Å². The summed E-state index contributed by atoms with van der Waals surface area (Å²) in [5, 5.41) is 0. The molecule has 0 aliphatic carbocycles. The molecular formula is C13H13N3O2. The molecule has 2 rings (SSSR count). The lowest BCUT2D eigenvalue weighted by atomic mass is 10.1. The molecule has 0 saturated carbocycles. The SMILES string of the molecule is C[C@H]1C=CC(=O)N(C(=O)/C=C/c2ncccn2)C1. The Hall–Kier alpha value is -2.30. The standard InChI is InChI=1S/C13H13N3O2/c1-10-3-5-12(17)16(9-10)13(18)6-4-11-14-7-2-8-15-11/h2-8,10H,9H2,1H3/b6-4+/t10-/m0/s1. The van der Waals surface area contributed by atoms with Gasteiger partial charge in [0.1, 0.15) is 0 Å². The highest BCUT2D eigenvalue weighted by molar-refractivity contribution is 6.06. The molecule has 1 aromatic heterocycles. The maximum atomic E-state index is 11.9. The van der Waals surface area contributed by atoms with E-state index in [0.717, 1.165) is 0 Å². The molecule has 18 heavy (non-hydrogen) atoms. The zero-order valence-electron chi connectivity index (χ0n) is 9.98. The van der Waals surface area contributed by atoms with Crippen molar-refractivity contribution in [2.45, 2.75) is 6.92 Å². The van der Waals surface area contributed by atoms with Crippen molar-refractivity contribution in [2.75, 3.05) is 6.54 Å². The van der Waals surface area contributed by atoms with Crippen LogP contribution in [0.2, 0.25) is 0 Å². The molecule has 2 heterocycles. The number of carbonyl (C=O) groups excluding carboxylic acids is 2. The van der Waals surface area contributed by atoms with Gasteiger partial charge in [-0.1, -0.05) is 13.0 Å². The van der Waals surface area contributed by atoms with Crippen molar-refractivity contribution in [2.24, 2.45) is 5.92 Å². The van der Waals surface area contributed by atoms with E-state index in [9.17, 15) is 9.59 Å². The third-order valence-corrected chi connectivity index (χ3v) is 2.53. The summed E-state index contributed by atoms with van der Waals surface area (Å²) >= 11 is 0. The summed E-state index contributed by atoms with van der Waals surface area (Å²) in [6.07, 6.45) is 9.23. The van der Waals surface area contributed by atoms with Crippen LogP contribution in [0.15, 0.2) is 36.7 Å². The third kappa shape index (κ3) is 2.88. The Morgan fingerprint density at radius 2 is 2.17 bits per heavy atom. The van der Waals surface area contributed by atoms with Gasteiger partial charge < -0.3 is 0 Å². The Labute approximate surface area is 105 Å². The van der Waals surface area contributed by atoms with Crippen molar-refractivity contribution in [1.29, 1.82) is 0 Å². The Morgan fingerprint density at radius 1 is 1.44 bits per heavy atom. The van der Waals surface area contributed by atoms with Crippen LogP contribution in [0.5, 0.6) is 0 Å². The summed E-state index contributed by atoms with van der Waals surface area (Å²) in [5.74, 6) is 0.00677. The van der Waals surface area contributed by atoms with E-state index >= 15 is 0 Å². The Bertz CT molecular complexity index is 508. The quantitative estimate of drug-likeness (QED) is 0.728. The molecule has 0 fully saturated rings. The fourth-order valence-corrected chi connectivity index (χ4v) is 1.61. The van der Waals surface area contributed by atoms with Crippen molar-refractivity contribution in [3.63, 3.8) is 0 Å². The number of hydrogen-bond acceptors (Lipinski definition) is 4. The van der Waals surface area contributed by atoms with Gasteiger partial charge in [-0.05, 0) is 24.1 Å². The second kappa shape index (κ2) is 5.35. The maximum absolute atomic E-state index is 11.9. The number of rotatable bonds is 2. The first-order valence-corrected chi connectivity index (χ1v) is 5.65. The van der Waals surface area contributed by atoms with E-state index in [0.29, 0.717) is 12.4 Å². The van der Waals surface area contributed by atoms with Crippen molar-refractivity contribution in [3.8, 4) is 0 Å². The molecule has 2 amide bonds. The summed E-state index contributed by atoms with van der Waals surface area (Å²) in [4.78, 5) is 32.5. The van der Waals surface area contributed by atoms with Crippen LogP contribution in [-0.4, -0.2) is 33.2 Å². The summed E-state index contributed by atoms with van der Waals surface area (Å²) < 4.78 is 0. The highest BCUT2D eigenvalue weighted by Crippen LogP contribution is 2.10. The second-order valence-electron chi connectivity index (χ2n) is 4.06. The van der Waals surface area contributed by atoms with Gasteiger partial charge in [0, 0.05) is 25.0 Å². The zero-order chi connectivity index (χ0) is 13.0. The number of amides is 2. The van der Waals surface area contributed by atoms with Crippen LogP contribution >= 0.6 is 0 Å². The molecule has 1 aromatic rings. The molecule has 0 bridgehead atoms. The normalized spacial score (nSPS) is 19.5. The lowest BCUT2D eigenvalue weighted by Gasteiger charge is -2.23. The van der Waals surface area contributed by atoms with Crippen LogP contribution in [0, 0.1) is 5.92 Å². The van der Waals surface area contributed by atoms with Crippen LogP contribution in [-0.2, 0) is 9.59 Å². The van der Waals surface area contributed by atoms with Gasteiger partial charge in [-0.3, -0.25) is 14.5 Å². The monoisotopic (exact) mass is 243 g/mol. The van der Waals surface area contributed by atoms with Gasteiger partial charge in [0.05, 0.1) is 0 Å². The van der Waals surface area contributed by atoms with Crippen LogP contribution < -0.4 is 0 Å². The first kappa shape index (κ1) is 12.2. The number of aromatic nitrogens is 2. The molecule has 0 aromatic carbocycles. The molecule has 1 aliphatic rings. The average Bonchev–Trinajstić information content (AvgIpc) is 2.40. The van der Waals surface area contributed by atoms with Gasteiger partial charge >= 0.3 is 0 Å². The van der Waals surface area contributed by atoms with E-state index in [1.165, 1.54) is 23.1 Å². The molecule has 1 aliphatic heterocycles. The predicted molar refractivity (Wildman–Crippen MR) is 66.1 cm³/mol. The first-order chi connectivity index (χ1) is 8.66. The number of imide groups is 1. The van der Waals surface area contributed by atoms with Gasteiger partial charge in [0.2, 0.25) is 0 Å². The number of hydrogen-bond donors (Lipinski definition) is 0. The lowest BCUT2D eigenvalue weighted by molar-refractivity contribution is -0.139. The Balaban J connectivity index is 2.06. The molecule has 0 radical (unpaired) electrons. The third-order valence-electron chi connectivity index (χ3n) is 2.53. The van der Waals surface area contributed by atoms with E-state index in [1.54, 1.807) is 24.5 Å². The number of carbonyl (C=O) groups is 2. The molecule has 1 atom stereocenters. The largest absolute Gasteiger partial charge is 0.275 e. The topological polar surface area (TPSA) is 63.2 Å². The molecule has 0 spiro atoms. The fraction of sp³-hybridized carbons (Fsp3) is 0.231. The first-order valence-electron chi connectivity index (χ1n) is 5.65. The molecule has 0 unspecified atom stereocenters. The average molecular weight is 243 g/mol. The molecule has 92 valence electrons. The van der Waals surface area contributed by atoms with E-state index in [2.05, 4.69) is 9.97 Å². The second-order valence-corrected chi connectivity index (χ2v) is 4.06. The molecular weight excluding hydrogens is 230 g/mol. The maximum Gasteiger partial charge on any atom is 0.253 e. The minimum Gasteiger partial charge on any atom is -0.275 e. The summed E-state index contributed by atoms with van der Waals surface area (Å²) in [5.41, 5.74) is 0. The molecule has 5 heteroatoms. The highest BCUT2D eigenvalue weighted by atomic mass is 16.2. The van der Waals surface area contributed by atoms with Gasteiger partial charge in [-0.2, -0.15) is 0 Å². The van der Waals surface area contributed by atoms with Crippen LogP contribution in [0.4, 0.5) is 0 Å². The summed E-state index contributed by atoms with van der Waals surface area (Å²) in [7, 11) is 0. The predicted octanol–water partition coefficient (Wildman–Crippen LogP) is 1.05. The molecule has 0 saturated heterocycles. The van der Waals surface area contributed by atoms with Gasteiger partial charge in [-0.15, -0.1) is 0 Å². The van der Waals surface area contributed by atoms with Crippen molar-refractivity contribution in [1.82, 2.24) is 14.9 Å².